The van der Waals surface area contributed by atoms with Gasteiger partial charge in [0.15, 0.2) is 5.13 Å². The van der Waals surface area contributed by atoms with Crippen LogP contribution in [0.3, 0.4) is 0 Å². The Kier molecular flexibility index (Phi) is 5.81. The molecule has 6 nitrogen and oxygen atoms in total. The summed E-state index contributed by atoms with van der Waals surface area (Å²) in [6, 6.07) is 12.2. The standard InChI is InChI=1S/C24H14Cl3N3O3S/c1-11-8-18-17(10-14(11)26)29-24(34-18)30-20(16-4-2-3-7-28-16)19(22(32)23(30)33)21(31)12-5-6-13(25)15(27)9-12/h2-10,20,31H,1H3/b21-19+. The molecule has 0 bridgehead atoms. The molecule has 0 spiro atoms. The molecule has 1 aliphatic heterocycles. The molecule has 2 aromatic carbocycles. The minimum atomic E-state index is -0.993. The molecule has 1 N–H and O–H groups in total. The number of pyridine rings is 1. The maximum atomic E-state index is 13.3. The second kappa shape index (κ2) is 8.67. The number of rotatable bonds is 3. The highest BCUT2D eigenvalue weighted by Gasteiger charge is 2.48. The molecule has 4 aromatic rings. The van der Waals surface area contributed by atoms with Gasteiger partial charge in [0.25, 0.3) is 5.78 Å². The molecule has 170 valence electrons. The lowest BCUT2D eigenvalue weighted by molar-refractivity contribution is -0.132. The zero-order valence-electron chi connectivity index (χ0n) is 17.4. The number of Topliss-reactive ketones (excluding diaryl/α,β-unsaturated/α-hetero) is 1. The van der Waals surface area contributed by atoms with Gasteiger partial charge >= 0.3 is 5.91 Å². The van der Waals surface area contributed by atoms with Crippen molar-refractivity contribution in [1.82, 2.24) is 9.97 Å². The van der Waals surface area contributed by atoms with E-state index in [1.807, 2.05) is 13.0 Å². The number of carbonyl (C=O) groups is 2. The molecular formula is C24H14Cl3N3O3S. The average Bonchev–Trinajstić information content (AvgIpc) is 3.33. The Morgan fingerprint density at radius 1 is 1.03 bits per heavy atom. The number of carbonyl (C=O) groups excluding carboxylic acids is 2. The summed E-state index contributed by atoms with van der Waals surface area (Å²) >= 11 is 19.6. The van der Waals surface area contributed by atoms with Gasteiger partial charge in [-0.25, -0.2) is 4.98 Å². The molecule has 0 saturated carbocycles. The molecule has 1 saturated heterocycles. The van der Waals surface area contributed by atoms with E-state index in [9.17, 15) is 14.7 Å². The van der Waals surface area contributed by atoms with Gasteiger partial charge in [0.05, 0.1) is 31.5 Å². The molecule has 3 heterocycles. The van der Waals surface area contributed by atoms with Crippen molar-refractivity contribution in [1.29, 1.82) is 0 Å². The Labute approximate surface area is 213 Å². The van der Waals surface area contributed by atoms with Crippen LogP contribution in [0.25, 0.3) is 16.0 Å². The summed E-state index contributed by atoms with van der Waals surface area (Å²) in [5.74, 6) is -2.05. The lowest BCUT2D eigenvalue weighted by Gasteiger charge is -2.22. The van der Waals surface area contributed by atoms with E-state index in [2.05, 4.69) is 9.97 Å². The summed E-state index contributed by atoms with van der Waals surface area (Å²) in [7, 11) is 0. The Bertz CT molecular complexity index is 1480. The third-order valence-electron chi connectivity index (χ3n) is 5.47. The molecule has 1 aliphatic rings. The van der Waals surface area contributed by atoms with Crippen LogP contribution in [0.4, 0.5) is 5.13 Å². The first-order valence-corrected chi connectivity index (χ1v) is 12.0. The van der Waals surface area contributed by atoms with Crippen molar-refractivity contribution >= 4 is 78.9 Å². The number of aryl methyl sites for hydroxylation is 1. The van der Waals surface area contributed by atoms with Crippen LogP contribution in [0.15, 0.2) is 60.3 Å². The predicted octanol–water partition coefficient (Wildman–Crippen LogP) is 6.59. The number of halogens is 3. The topological polar surface area (TPSA) is 83.4 Å². The second-order valence-corrected chi connectivity index (χ2v) is 9.85. The highest BCUT2D eigenvalue weighted by atomic mass is 35.5. The fraction of sp³-hybridized carbons (Fsp3) is 0.0833. The number of thiazole rings is 1. The minimum absolute atomic E-state index is 0.115. The molecular weight excluding hydrogens is 517 g/mol. The van der Waals surface area contributed by atoms with Crippen LogP contribution in [0.5, 0.6) is 0 Å². The number of aliphatic hydroxyl groups is 1. The van der Waals surface area contributed by atoms with E-state index in [4.69, 9.17) is 34.8 Å². The zero-order chi connectivity index (χ0) is 24.1. The van der Waals surface area contributed by atoms with Gasteiger partial charge in [0, 0.05) is 16.8 Å². The summed E-state index contributed by atoms with van der Waals surface area (Å²) in [6.45, 7) is 1.87. The van der Waals surface area contributed by atoms with Crippen molar-refractivity contribution < 1.29 is 14.7 Å². The molecule has 34 heavy (non-hydrogen) atoms. The maximum absolute atomic E-state index is 13.3. The van der Waals surface area contributed by atoms with Crippen LogP contribution < -0.4 is 4.90 Å². The molecule has 1 atom stereocenters. The molecule has 0 aliphatic carbocycles. The highest BCUT2D eigenvalue weighted by Crippen LogP contribution is 2.44. The van der Waals surface area contributed by atoms with E-state index in [0.717, 1.165) is 10.3 Å². The fourth-order valence-corrected chi connectivity index (χ4v) is 5.32. The van der Waals surface area contributed by atoms with Gasteiger partial charge in [-0.15, -0.1) is 0 Å². The average molecular weight is 531 g/mol. The number of aliphatic hydroxyl groups excluding tert-OH is 1. The number of fused-ring (bicyclic) bond motifs is 1. The first kappa shape index (κ1) is 22.8. The number of anilines is 1. The molecule has 1 amide bonds. The number of benzene rings is 2. The second-order valence-electron chi connectivity index (χ2n) is 7.62. The maximum Gasteiger partial charge on any atom is 0.301 e. The monoisotopic (exact) mass is 529 g/mol. The highest BCUT2D eigenvalue weighted by molar-refractivity contribution is 7.22. The Balaban J connectivity index is 1.73. The van der Waals surface area contributed by atoms with E-state index in [1.54, 1.807) is 30.5 Å². The summed E-state index contributed by atoms with van der Waals surface area (Å²) in [5, 5.41) is 12.5. The van der Waals surface area contributed by atoms with Gasteiger partial charge in [-0.1, -0.05) is 52.2 Å². The van der Waals surface area contributed by atoms with Gasteiger partial charge in [-0.05, 0) is 55.0 Å². The molecule has 1 unspecified atom stereocenters. The van der Waals surface area contributed by atoms with Crippen LogP contribution in [-0.4, -0.2) is 26.8 Å². The van der Waals surface area contributed by atoms with Gasteiger partial charge in [0.2, 0.25) is 0 Å². The normalized spacial score (nSPS) is 17.6. The number of amides is 1. The van der Waals surface area contributed by atoms with Crippen molar-refractivity contribution in [3.63, 3.8) is 0 Å². The number of hydrogen-bond acceptors (Lipinski definition) is 6. The number of ketones is 1. The Morgan fingerprint density at radius 2 is 1.82 bits per heavy atom. The predicted molar refractivity (Wildman–Crippen MR) is 135 cm³/mol. The molecule has 10 heteroatoms. The van der Waals surface area contributed by atoms with Crippen molar-refractivity contribution in [3.8, 4) is 0 Å². The van der Waals surface area contributed by atoms with E-state index in [-0.39, 0.29) is 21.9 Å². The summed E-state index contributed by atoms with van der Waals surface area (Å²) in [4.78, 5) is 36.7. The summed E-state index contributed by atoms with van der Waals surface area (Å²) < 4.78 is 0.808. The van der Waals surface area contributed by atoms with Crippen molar-refractivity contribution in [2.75, 3.05) is 4.90 Å². The van der Waals surface area contributed by atoms with Gasteiger partial charge in [0.1, 0.15) is 11.8 Å². The lowest BCUT2D eigenvalue weighted by Crippen LogP contribution is -2.29. The Morgan fingerprint density at radius 3 is 2.53 bits per heavy atom. The van der Waals surface area contributed by atoms with E-state index < -0.39 is 17.7 Å². The largest absolute Gasteiger partial charge is 0.507 e. The smallest absolute Gasteiger partial charge is 0.301 e. The zero-order valence-corrected chi connectivity index (χ0v) is 20.5. The van der Waals surface area contributed by atoms with Crippen molar-refractivity contribution in [2.45, 2.75) is 13.0 Å². The molecule has 5 rings (SSSR count). The van der Waals surface area contributed by atoms with Crippen molar-refractivity contribution in [2.24, 2.45) is 0 Å². The summed E-state index contributed by atoms with van der Waals surface area (Å²) in [5.41, 5.74) is 2.00. The van der Waals surface area contributed by atoms with Crippen molar-refractivity contribution in [3.05, 3.63) is 92.2 Å². The molecule has 0 radical (unpaired) electrons. The number of aromatic nitrogens is 2. The first-order valence-electron chi connectivity index (χ1n) is 10.0. The fourth-order valence-electron chi connectivity index (χ4n) is 3.79. The van der Waals surface area contributed by atoms with Crippen LogP contribution in [-0.2, 0) is 9.59 Å². The summed E-state index contributed by atoms with van der Waals surface area (Å²) in [6.07, 6.45) is 1.55. The van der Waals surface area contributed by atoms with E-state index in [0.29, 0.717) is 26.4 Å². The van der Waals surface area contributed by atoms with E-state index >= 15 is 0 Å². The number of nitrogens with zero attached hydrogens (tertiary/aromatic N) is 3. The SMILES string of the molecule is Cc1cc2sc(N3C(=O)C(=O)/C(=C(/O)c4ccc(Cl)c(Cl)c4)C3c3ccccn3)nc2cc1Cl. The molecule has 1 fully saturated rings. The van der Waals surface area contributed by atoms with Gasteiger partial charge in [-0.2, -0.15) is 0 Å². The lowest BCUT2D eigenvalue weighted by atomic mass is 9.98. The quantitative estimate of drug-likeness (QED) is 0.184. The first-order chi connectivity index (χ1) is 16.3. The molecule has 2 aromatic heterocycles. The van der Waals surface area contributed by atoms with Crippen LogP contribution in [0, 0.1) is 6.92 Å². The third kappa shape index (κ3) is 3.75. The van der Waals surface area contributed by atoms with Crippen LogP contribution >= 0.6 is 46.1 Å². The third-order valence-corrected chi connectivity index (χ3v) is 7.63. The minimum Gasteiger partial charge on any atom is -0.507 e. The Hall–Kier alpha value is -2.97. The number of hydrogen-bond donors (Lipinski definition) is 1. The van der Waals surface area contributed by atoms with Crippen LogP contribution in [0.1, 0.15) is 22.9 Å². The van der Waals surface area contributed by atoms with Crippen LogP contribution in [0.2, 0.25) is 15.1 Å². The van der Waals surface area contributed by atoms with Gasteiger partial charge in [-0.3, -0.25) is 19.5 Å². The van der Waals surface area contributed by atoms with Gasteiger partial charge < -0.3 is 5.11 Å². The van der Waals surface area contributed by atoms with E-state index in [1.165, 1.54) is 34.4 Å².